The molecule has 1 aliphatic rings. The predicted molar refractivity (Wildman–Crippen MR) is 87.0 cm³/mol. The van der Waals surface area contributed by atoms with Gasteiger partial charge >= 0.3 is 0 Å². The number of fused-ring (bicyclic) bond motifs is 1. The van der Waals surface area contributed by atoms with Crippen LogP contribution in [0.4, 0.5) is 0 Å². The van der Waals surface area contributed by atoms with Crippen molar-refractivity contribution < 1.29 is 8.42 Å². The van der Waals surface area contributed by atoms with Crippen molar-refractivity contribution in [3.63, 3.8) is 0 Å². The van der Waals surface area contributed by atoms with Crippen LogP contribution in [-0.4, -0.2) is 35.7 Å². The van der Waals surface area contributed by atoms with Crippen LogP contribution in [0.3, 0.4) is 0 Å². The molecular formula is C13H16N2O3S3. The topological polar surface area (TPSA) is 69.0 Å². The Morgan fingerprint density at radius 1 is 1.48 bits per heavy atom. The summed E-state index contributed by atoms with van der Waals surface area (Å²) >= 11 is 2.88. The van der Waals surface area contributed by atoms with Crippen molar-refractivity contribution >= 4 is 43.2 Å². The van der Waals surface area contributed by atoms with Crippen molar-refractivity contribution in [1.29, 1.82) is 0 Å². The highest BCUT2D eigenvalue weighted by molar-refractivity contribution is 7.99. The van der Waals surface area contributed by atoms with Gasteiger partial charge in [-0.1, -0.05) is 11.8 Å². The van der Waals surface area contributed by atoms with Gasteiger partial charge in [0.1, 0.15) is 14.5 Å². The van der Waals surface area contributed by atoms with E-state index in [4.69, 9.17) is 0 Å². The van der Waals surface area contributed by atoms with E-state index < -0.39 is 9.84 Å². The molecule has 0 bridgehead atoms. The number of sulfone groups is 1. The minimum absolute atomic E-state index is 0.0366. The number of rotatable bonds is 5. The van der Waals surface area contributed by atoms with Crippen LogP contribution in [-0.2, 0) is 16.9 Å². The lowest BCUT2D eigenvalue weighted by Crippen LogP contribution is -2.21. The van der Waals surface area contributed by atoms with Gasteiger partial charge < -0.3 is 0 Å². The van der Waals surface area contributed by atoms with Crippen molar-refractivity contribution in [2.45, 2.75) is 18.0 Å². The van der Waals surface area contributed by atoms with Crippen molar-refractivity contribution in [3.8, 4) is 0 Å². The number of thioether (sulfide) groups is 1. The smallest absolute Gasteiger partial charge is 0.271 e. The van der Waals surface area contributed by atoms with E-state index in [1.807, 2.05) is 11.4 Å². The summed E-state index contributed by atoms with van der Waals surface area (Å²) < 4.78 is 25.2. The summed E-state index contributed by atoms with van der Waals surface area (Å²) in [5.41, 5.74) is 0.559. The van der Waals surface area contributed by atoms with Crippen LogP contribution in [0.2, 0.25) is 0 Å². The second-order valence-corrected chi connectivity index (χ2v) is 9.75. The number of hydrogen-bond donors (Lipinski definition) is 0. The molecule has 8 heteroatoms. The molecular weight excluding hydrogens is 328 g/mol. The van der Waals surface area contributed by atoms with Gasteiger partial charge in [-0.2, -0.15) is 0 Å². The second-order valence-electron chi connectivity index (χ2n) is 5.75. The fourth-order valence-electron chi connectivity index (χ4n) is 2.38. The van der Waals surface area contributed by atoms with E-state index in [0.29, 0.717) is 15.6 Å². The van der Waals surface area contributed by atoms with Gasteiger partial charge in [-0.3, -0.25) is 9.36 Å². The lowest BCUT2D eigenvalue weighted by atomic mass is 10.2. The van der Waals surface area contributed by atoms with Crippen LogP contribution in [0.1, 0.15) is 12.8 Å². The first-order chi connectivity index (χ1) is 9.80. The molecule has 0 saturated heterocycles. The molecule has 5 nitrogen and oxygen atoms in total. The highest BCUT2D eigenvalue weighted by Gasteiger charge is 2.45. The molecule has 1 saturated carbocycles. The van der Waals surface area contributed by atoms with E-state index in [9.17, 15) is 13.2 Å². The fourth-order valence-corrected chi connectivity index (χ4v) is 6.08. The Kier molecular flexibility index (Phi) is 3.66. The minimum atomic E-state index is -2.97. The molecule has 0 unspecified atom stereocenters. The maximum absolute atomic E-state index is 12.2. The molecule has 2 aromatic heterocycles. The maximum atomic E-state index is 12.2. The Bertz CT molecular complexity index is 847. The van der Waals surface area contributed by atoms with Gasteiger partial charge in [0, 0.05) is 19.1 Å². The molecule has 1 aliphatic carbocycles. The first-order valence-electron chi connectivity index (χ1n) is 6.54. The van der Waals surface area contributed by atoms with Gasteiger partial charge in [-0.05, 0) is 29.7 Å². The number of hydrogen-bond acceptors (Lipinski definition) is 6. The zero-order valence-corrected chi connectivity index (χ0v) is 14.3. The van der Waals surface area contributed by atoms with E-state index >= 15 is 0 Å². The molecule has 21 heavy (non-hydrogen) atoms. The second kappa shape index (κ2) is 5.10. The lowest BCUT2D eigenvalue weighted by molar-refractivity contribution is 0.576. The lowest BCUT2D eigenvalue weighted by Gasteiger charge is -2.14. The van der Waals surface area contributed by atoms with Crippen LogP contribution < -0.4 is 5.56 Å². The zero-order chi connectivity index (χ0) is 15.3. The number of aromatic nitrogens is 2. The van der Waals surface area contributed by atoms with E-state index in [1.54, 1.807) is 11.6 Å². The first-order valence-corrected chi connectivity index (χ1v) is 10.5. The summed E-state index contributed by atoms with van der Waals surface area (Å²) in [7, 11) is -1.25. The summed E-state index contributed by atoms with van der Waals surface area (Å²) in [6.07, 6.45) is 3.15. The molecule has 0 aromatic carbocycles. The van der Waals surface area contributed by atoms with Gasteiger partial charge in [0.15, 0.2) is 5.16 Å². The van der Waals surface area contributed by atoms with E-state index in [0.717, 1.165) is 18.4 Å². The van der Waals surface area contributed by atoms with Crippen LogP contribution in [0, 0.1) is 5.41 Å². The highest BCUT2D eigenvalue weighted by atomic mass is 32.2. The Morgan fingerprint density at radius 3 is 2.81 bits per heavy atom. The monoisotopic (exact) mass is 344 g/mol. The average Bonchev–Trinajstić information content (AvgIpc) is 2.96. The van der Waals surface area contributed by atoms with E-state index in [-0.39, 0.29) is 16.7 Å². The summed E-state index contributed by atoms with van der Waals surface area (Å²) in [5, 5.41) is 2.52. The molecule has 0 radical (unpaired) electrons. The van der Waals surface area contributed by atoms with Gasteiger partial charge in [0.05, 0.1) is 11.3 Å². The van der Waals surface area contributed by atoms with Crippen LogP contribution in [0.5, 0.6) is 0 Å². The predicted octanol–water partition coefficient (Wildman–Crippen LogP) is 1.91. The quantitative estimate of drug-likeness (QED) is 0.612. The SMILES string of the molecule is Cn1c(SCC2(CS(C)(=O)=O)CC2)nc2ccsc2c1=O. The third-order valence-electron chi connectivity index (χ3n) is 3.68. The Morgan fingerprint density at radius 2 is 2.19 bits per heavy atom. The number of nitrogens with zero attached hydrogens (tertiary/aromatic N) is 2. The highest BCUT2D eigenvalue weighted by Crippen LogP contribution is 2.49. The fraction of sp³-hybridized carbons (Fsp3) is 0.538. The molecule has 0 atom stereocenters. The van der Waals surface area contributed by atoms with Crippen molar-refractivity contribution in [3.05, 3.63) is 21.8 Å². The maximum Gasteiger partial charge on any atom is 0.271 e. The Labute approximate surface area is 131 Å². The summed E-state index contributed by atoms with van der Waals surface area (Å²) in [4.78, 5) is 16.7. The summed E-state index contributed by atoms with van der Waals surface area (Å²) in [5.74, 6) is 0.914. The largest absolute Gasteiger partial charge is 0.290 e. The van der Waals surface area contributed by atoms with Crippen molar-refractivity contribution in [2.24, 2.45) is 12.5 Å². The third-order valence-corrected chi connectivity index (χ3v) is 7.09. The van der Waals surface area contributed by atoms with Crippen molar-refractivity contribution in [2.75, 3.05) is 17.8 Å². The summed E-state index contributed by atoms with van der Waals surface area (Å²) in [6, 6.07) is 1.84. The average molecular weight is 344 g/mol. The summed E-state index contributed by atoms with van der Waals surface area (Å²) in [6.45, 7) is 0. The van der Waals surface area contributed by atoms with Gasteiger partial charge in [-0.15, -0.1) is 11.3 Å². The van der Waals surface area contributed by atoms with Crippen LogP contribution in [0.15, 0.2) is 21.4 Å². The minimum Gasteiger partial charge on any atom is -0.290 e. The Hall–Kier alpha value is -0.860. The molecule has 0 N–H and O–H groups in total. The standard InChI is InChI=1S/C13H16N2O3S3/c1-15-11(16)10-9(3-6-19-10)14-12(15)20-7-13(4-5-13)8-21(2,17)18/h3,6H,4-5,7-8H2,1-2H3. The van der Waals surface area contributed by atoms with E-state index in [2.05, 4.69) is 4.98 Å². The molecule has 1 fully saturated rings. The van der Waals surface area contributed by atoms with E-state index in [1.165, 1.54) is 29.4 Å². The third kappa shape index (κ3) is 3.17. The zero-order valence-electron chi connectivity index (χ0n) is 11.8. The van der Waals surface area contributed by atoms with Crippen LogP contribution in [0.25, 0.3) is 10.2 Å². The molecule has 0 amide bonds. The molecule has 0 aliphatic heterocycles. The van der Waals surface area contributed by atoms with Crippen LogP contribution >= 0.6 is 23.1 Å². The molecule has 2 heterocycles. The van der Waals surface area contributed by atoms with Crippen molar-refractivity contribution in [1.82, 2.24) is 9.55 Å². The van der Waals surface area contributed by atoms with Gasteiger partial charge in [0.25, 0.3) is 5.56 Å². The molecule has 2 aromatic rings. The van der Waals surface area contributed by atoms with Gasteiger partial charge in [-0.25, -0.2) is 13.4 Å². The van der Waals surface area contributed by atoms with Gasteiger partial charge in [0.2, 0.25) is 0 Å². The molecule has 3 rings (SSSR count). The Balaban J connectivity index is 1.83. The normalized spacial score (nSPS) is 17.2. The first kappa shape index (κ1) is 15.1. The molecule has 0 spiro atoms. The molecule has 114 valence electrons. The number of thiophene rings is 1.